The van der Waals surface area contributed by atoms with Gasteiger partial charge in [-0.05, 0) is 19.1 Å². The number of hydrogen-bond donors (Lipinski definition) is 0. The van der Waals surface area contributed by atoms with Crippen molar-refractivity contribution in [3.05, 3.63) is 29.8 Å². The normalized spacial score (nSPS) is 20.8. The molecular formula is C11H12O4S. The van der Waals surface area contributed by atoms with E-state index in [1.807, 2.05) is 6.92 Å². The van der Waals surface area contributed by atoms with Gasteiger partial charge in [0.25, 0.3) is 0 Å². The van der Waals surface area contributed by atoms with Gasteiger partial charge in [0.2, 0.25) is 0 Å². The van der Waals surface area contributed by atoms with Gasteiger partial charge in [0.05, 0.1) is 11.5 Å². The van der Waals surface area contributed by atoms with Crippen LogP contribution in [0.3, 0.4) is 0 Å². The molecule has 1 atom stereocenters. The van der Waals surface area contributed by atoms with Crippen LogP contribution in [0.25, 0.3) is 0 Å². The minimum absolute atomic E-state index is 0.182. The molecule has 0 radical (unpaired) electrons. The van der Waals surface area contributed by atoms with Gasteiger partial charge in [-0.15, -0.1) is 0 Å². The fraction of sp³-hybridized carbons (Fsp3) is 0.364. The van der Waals surface area contributed by atoms with Crippen LogP contribution in [0.15, 0.2) is 29.2 Å². The van der Waals surface area contributed by atoms with E-state index < -0.39 is 21.1 Å². The maximum absolute atomic E-state index is 12.1. The van der Waals surface area contributed by atoms with E-state index in [1.54, 1.807) is 12.1 Å². The number of sulfone groups is 1. The van der Waals surface area contributed by atoms with Gasteiger partial charge < -0.3 is 4.74 Å². The van der Waals surface area contributed by atoms with Crippen molar-refractivity contribution in [3.63, 3.8) is 0 Å². The highest BCUT2D eigenvalue weighted by atomic mass is 32.2. The minimum Gasteiger partial charge on any atom is -0.465 e. The number of aryl methyl sites for hydroxylation is 1. The van der Waals surface area contributed by atoms with Crippen LogP contribution in [0.5, 0.6) is 0 Å². The first-order chi connectivity index (χ1) is 7.51. The lowest BCUT2D eigenvalue weighted by atomic mass is 10.2. The Morgan fingerprint density at radius 1 is 1.25 bits per heavy atom. The number of ether oxygens (including phenoxy) is 1. The Labute approximate surface area is 94.2 Å². The average Bonchev–Trinajstić information content (AvgIpc) is 2.66. The summed E-state index contributed by atoms with van der Waals surface area (Å²) in [5.41, 5.74) is 0.980. The molecule has 1 aromatic carbocycles. The first-order valence-electron chi connectivity index (χ1n) is 4.99. The summed E-state index contributed by atoms with van der Waals surface area (Å²) >= 11 is 0. The number of carbonyl (C=O) groups is 1. The maximum atomic E-state index is 12.1. The van der Waals surface area contributed by atoms with Crippen molar-refractivity contribution in [2.75, 3.05) is 6.61 Å². The number of hydrogen-bond acceptors (Lipinski definition) is 4. The Kier molecular flexibility index (Phi) is 2.71. The van der Waals surface area contributed by atoms with E-state index in [2.05, 4.69) is 4.74 Å². The molecule has 1 fully saturated rings. The maximum Gasteiger partial charge on any atom is 0.324 e. The van der Waals surface area contributed by atoms with Gasteiger partial charge in [-0.3, -0.25) is 4.79 Å². The molecule has 0 spiro atoms. The lowest BCUT2D eigenvalue weighted by Gasteiger charge is -2.08. The van der Waals surface area contributed by atoms with Crippen molar-refractivity contribution in [2.45, 2.75) is 23.5 Å². The highest BCUT2D eigenvalue weighted by Crippen LogP contribution is 2.23. The summed E-state index contributed by atoms with van der Waals surface area (Å²) in [7, 11) is -3.58. The predicted octanol–water partition coefficient (Wildman–Crippen LogP) is 1.08. The van der Waals surface area contributed by atoms with Crippen LogP contribution in [0.2, 0.25) is 0 Å². The number of cyclic esters (lactones) is 1. The van der Waals surface area contributed by atoms with E-state index in [0.717, 1.165) is 5.56 Å². The van der Waals surface area contributed by atoms with Gasteiger partial charge in [0.1, 0.15) is 0 Å². The zero-order valence-electron chi connectivity index (χ0n) is 8.84. The third-order valence-corrected chi connectivity index (χ3v) is 4.72. The van der Waals surface area contributed by atoms with Crippen LogP contribution >= 0.6 is 0 Å². The van der Waals surface area contributed by atoms with E-state index in [0.29, 0.717) is 0 Å². The van der Waals surface area contributed by atoms with Crippen LogP contribution in [0.4, 0.5) is 0 Å². The molecular weight excluding hydrogens is 228 g/mol. The molecule has 5 heteroatoms. The minimum atomic E-state index is -3.58. The van der Waals surface area contributed by atoms with Crippen molar-refractivity contribution in [2.24, 2.45) is 0 Å². The molecule has 1 aliphatic rings. The van der Waals surface area contributed by atoms with Gasteiger partial charge in [0.15, 0.2) is 15.1 Å². The second-order valence-corrected chi connectivity index (χ2v) is 5.93. The Bertz CT molecular complexity index is 501. The fourth-order valence-corrected chi connectivity index (χ4v) is 3.22. The van der Waals surface area contributed by atoms with Gasteiger partial charge >= 0.3 is 5.97 Å². The standard InChI is InChI=1S/C11H12O4S/c1-8-2-4-9(5-3-8)16(13,14)10-6-7-15-11(10)12/h2-5,10H,6-7H2,1H3/t10-/m1/s1. The monoisotopic (exact) mass is 240 g/mol. The van der Waals surface area contributed by atoms with Crippen molar-refractivity contribution >= 4 is 15.8 Å². The Morgan fingerprint density at radius 2 is 1.88 bits per heavy atom. The van der Waals surface area contributed by atoms with E-state index in [9.17, 15) is 13.2 Å². The molecule has 0 unspecified atom stereocenters. The fourth-order valence-electron chi connectivity index (χ4n) is 1.65. The Balaban J connectivity index is 2.39. The molecule has 0 amide bonds. The summed E-state index contributed by atoms with van der Waals surface area (Å²) in [5.74, 6) is -0.638. The zero-order chi connectivity index (χ0) is 11.8. The Hall–Kier alpha value is -1.36. The van der Waals surface area contributed by atoms with E-state index in [-0.39, 0.29) is 17.9 Å². The van der Waals surface area contributed by atoms with Gasteiger partial charge in [-0.25, -0.2) is 8.42 Å². The molecule has 86 valence electrons. The smallest absolute Gasteiger partial charge is 0.324 e. The topological polar surface area (TPSA) is 60.4 Å². The highest BCUT2D eigenvalue weighted by molar-refractivity contribution is 7.92. The summed E-state index contributed by atoms with van der Waals surface area (Å²) in [6, 6.07) is 6.48. The molecule has 0 N–H and O–H groups in total. The van der Waals surface area contributed by atoms with Crippen LogP contribution < -0.4 is 0 Å². The number of benzene rings is 1. The highest BCUT2D eigenvalue weighted by Gasteiger charge is 2.39. The van der Waals surface area contributed by atoms with Gasteiger partial charge in [0, 0.05) is 6.42 Å². The summed E-state index contributed by atoms with van der Waals surface area (Å²) in [5, 5.41) is -1.03. The van der Waals surface area contributed by atoms with Gasteiger partial charge in [-0.1, -0.05) is 17.7 Å². The number of carbonyl (C=O) groups excluding carboxylic acids is 1. The molecule has 1 heterocycles. The quantitative estimate of drug-likeness (QED) is 0.726. The van der Waals surface area contributed by atoms with Crippen LogP contribution in [0, 0.1) is 6.92 Å². The SMILES string of the molecule is Cc1ccc(S(=O)(=O)[C@@H]2CCOC2=O)cc1. The molecule has 2 rings (SSSR count). The number of esters is 1. The molecule has 0 bridgehead atoms. The molecule has 1 aromatic rings. The van der Waals surface area contributed by atoms with E-state index >= 15 is 0 Å². The summed E-state index contributed by atoms with van der Waals surface area (Å²) in [4.78, 5) is 11.4. The predicted molar refractivity (Wildman–Crippen MR) is 57.7 cm³/mol. The second kappa shape index (κ2) is 3.90. The van der Waals surface area contributed by atoms with Crippen LogP contribution in [0.1, 0.15) is 12.0 Å². The molecule has 0 aliphatic carbocycles. The average molecular weight is 240 g/mol. The van der Waals surface area contributed by atoms with Crippen molar-refractivity contribution in [3.8, 4) is 0 Å². The van der Waals surface area contributed by atoms with E-state index in [4.69, 9.17) is 0 Å². The summed E-state index contributed by atoms with van der Waals surface area (Å²) in [6.45, 7) is 2.06. The van der Waals surface area contributed by atoms with Crippen molar-refractivity contribution < 1.29 is 17.9 Å². The molecule has 0 aromatic heterocycles. The van der Waals surface area contributed by atoms with E-state index in [1.165, 1.54) is 12.1 Å². The van der Waals surface area contributed by atoms with Crippen molar-refractivity contribution in [1.82, 2.24) is 0 Å². The largest absolute Gasteiger partial charge is 0.465 e. The van der Waals surface area contributed by atoms with Crippen LogP contribution in [-0.4, -0.2) is 26.2 Å². The van der Waals surface area contributed by atoms with Crippen molar-refractivity contribution in [1.29, 1.82) is 0 Å². The summed E-state index contributed by atoms with van der Waals surface area (Å²) in [6.07, 6.45) is 0.245. The first-order valence-corrected chi connectivity index (χ1v) is 6.53. The second-order valence-electron chi connectivity index (χ2n) is 3.80. The Morgan fingerprint density at radius 3 is 2.38 bits per heavy atom. The zero-order valence-corrected chi connectivity index (χ0v) is 9.66. The third-order valence-electron chi connectivity index (χ3n) is 2.61. The number of rotatable bonds is 2. The molecule has 16 heavy (non-hydrogen) atoms. The lowest BCUT2D eigenvalue weighted by molar-refractivity contribution is -0.137. The lowest BCUT2D eigenvalue weighted by Crippen LogP contribution is -2.25. The third kappa shape index (κ3) is 1.82. The summed E-state index contributed by atoms with van der Waals surface area (Å²) < 4.78 is 28.8. The molecule has 0 saturated carbocycles. The van der Waals surface area contributed by atoms with Crippen LogP contribution in [-0.2, 0) is 19.4 Å². The molecule has 1 aliphatic heterocycles. The first kappa shape index (κ1) is 11.1. The molecule has 1 saturated heterocycles. The van der Waals surface area contributed by atoms with Gasteiger partial charge in [-0.2, -0.15) is 0 Å². The molecule has 4 nitrogen and oxygen atoms in total.